The summed E-state index contributed by atoms with van der Waals surface area (Å²) in [5.41, 5.74) is 3.30. The van der Waals surface area contributed by atoms with Crippen LogP contribution in [0.5, 0.6) is 5.75 Å². The molecule has 0 aliphatic heterocycles. The number of hydrogen-bond acceptors (Lipinski definition) is 3. The van der Waals surface area contributed by atoms with Gasteiger partial charge in [-0.05, 0) is 54.9 Å². The molecule has 0 radical (unpaired) electrons. The van der Waals surface area contributed by atoms with Crippen molar-refractivity contribution in [2.45, 2.75) is 33.9 Å². The fourth-order valence-electron chi connectivity index (χ4n) is 2.67. The molecule has 0 heterocycles. The molecule has 0 aromatic heterocycles. The van der Waals surface area contributed by atoms with E-state index in [4.69, 9.17) is 16.3 Å². The third-order valence-electron chi connectivity index (χ3n) is 4.38. The van der Waals surface area contributed by atoms with Crippen molar-refractivity contribution in [3.8, 4) is 5.75 Å². The zero-order chi connectivity index (χ0) is 18.9. The van der Waals surface area contributed by atoms with E-state index >= 15 is 0 Å². The summed E-state index contributed by atoms with van der Waals surface area (Å²) in [7, 11) is 0. The highest BCUT2D eigenvalue weighted by molar-refractivity contribution is 6.31. The number of nitrogens with one attached hydrogen (secondary N) is 1. The molecule has 2 rings (SSSR count). The molecular weight excluding hydrogens is 348 g/mol. The molecule has 0 unspecified atom stereocenters. The topological polar surface area (TPSA) is 41.6 Å². The molecule has 2 aromatic carbocycles. The lowest BCUT2D eigenvalue weighted by Crippen LogP contribution is -2.29. The number of amides is 1. The molecule has 2 aromatic rings. The first-order valence-electron chi connectivity index (χ1n) is 8.98. The predicted octanol–water partition coefficient (Wildman–Crippen LogP) is 4.19. The Labute approximate surface area is 161 Å². The first kappa shape index (κ1) is 20.3. The molecule has 0 fully saturated rings. The van der Waals surface area contributed by atoms with Gasteiger partial charge in [-0.1, -0.05) is 49.7 Å². The normalized spacial score (nSPS) is 10.8. The van der Waals surface area contributed by atoms with Crippen molar-refractivity contribution in [1.82, 2.24) is 10.2 Å². The summed E-state index contributed by atoms with van der Waals surface area (Å²) in [6.45, 7) is 9.60. The SMILES string of the molecule is CCN(CC)Cc1ccccc1CNC(=O)COc1ccc(Cl)c(C)c1. The summed E-state index contributed by atoms with van der Waals surface area (Å²) in [5.74, 6) is 0.499. The van der Waals surface area contributed by atoms with Crippen molar-refractivity contribution in [2.24, 2.45) is 0 Å². The Morgan fingerprint density at radius 2 is 1.81 bits per heavy atom. The van der Waals surface area contributed by atoms with Gasteiger partial charge in [0.1, 0.15) is 5.75 Å². The van der Waals surface area contributed by atoms with E-state index in [1.165, 1.54) is 5.56 Å². The average molecular weight is 375 g/mol. The van der Waals surface area contributed by atoms with Crippen molar-refractivity contribution in [3.05, 3.63) is 64.2 Å². The minimum atomic E-state index is -0.143. The maximum absolute atomic E-state index is 12.1. The van der Waals surface area contributed by atoms with Crippen LogP contribution < -0.4 is 10.1 Å². The number of carbonyl (C=O) groups is 1. The van der Waals surface area contributed by atoms with E-state index in [-0.39, 0.29) is 12.5 Å². The maximum Gasteiger partial charge on any atom is 0.258 e. The van der Waals surface area contributed by atoms with Gasteiger partial charge in [0.25, 0.3) is 5.91 Å². The second kappa shape index (κ2) is 10.2. The van der Waals surface area contributed by atoms with Crippen molar-refractivity contribution in [1.29, 1.82) is 0 Å². The lowest BCUT2D eigenvalue weighted by molar-refractivity contribution is -0.123. The van der Waals surface area contributed by atoms with Crippen LogP contribution in [0.15, 0.2) is 42.5 Å². The number of nitrogens with zero attached hydrogens (tertiary/aromatic N) is 1. The van der Waals surface area contributed by atoms with E-state index in [1.807, 2.05) is 25.1 Å². The molecule has 140 valence electrons. The Kier molecular flexibility index (Phi) is 7.95. The molecule has 0 saturated heterocycles. The largest absolute Gasteiger partial charge is 0.484 e. The van der Waals surface area contributed by atoms with Crippen molar-refractivity contribution >= 4 is 17.5 Å². The van der Waals surface area contributed by atoms with Gasteiger partial charge < -0.3 is 10.1 Å². The van der Waals surface area contributed by atoms with Crippen molar-refractivity contribution < 1.29 is 9.53 Å². The van der Waals surface area contributed by atoms with Gasteiger partial charge in [-0.3, -0.25) is 9.69 Å². The van der Waals surface area contributed by atoms with Gasteiger partial charge in [-0.2, -0.15) is 0 Å². The quantitative estimate of drug-likeness (QED) is 0.715. The number of carbonyl (C=O) groups excluding carboxylic acids is 1. The molecule has 5 heteroatoms. The van der Waals surface area contributed by atoms with Crippen molar-refractivity contribution in [2.75, 3.05) is 19.7 Å². The first-order chi connectivity index (χ1) is 12.5. The van der Waals surface area contributed by atoms with Crippen LogP contribution in [0.4, 0.5) is 0 Å². The van der Waals surface area contributed by atoms with Gasteiger partial charge in [0.2, 0.25) is 0 Å². The summed E-state index contributed by atoms with van der Waals surface area (Å²) >= 11 is 5.99. The van der Waals surface area contributed by atoms with Crippen LogP contribution in [-0.2, 0) is 17.9 Å². The highest BCUT2D eigenvalue weighted by atomic mass is 35.5. The summed E-state index contributed by atoms with van der Waals surface area (Å²) in [6, 6.07) is 13.6. The van der Waals surface area contributed by atoms with E-state index < -0.39 is 0 Å². The first-order valence-corrected chi connectivity index (χ1v) is 9.36. The van der Waals surface area contributed by atoms with Crippen LogP contribution in [0, 0.1) is 6.92 Å². The number of rotatable bonds is 9. The monoisotopic (exact) mass is 374 g/mol. The van der Waals surface area contributed by atoms with Crippen LogP contribution >= 0.6 is 11.6 Å². The predicted molar refractivity (Wildman–Crippen MR) is 107 cm³/mol. The zero-order valence-electron chi connectivity index (χ0n) is 15.7. The smallest absolute Gasteiger partial charge is 0.258 e. The number of hydrogen-bond donors (Lipinski definition) is 1. The average Bonchev–Trinajstić information content (AvgIpc) is 2.66. The van der Waals surface area contributed by atoms with Crippen LogP contribution in [0.2, 0.25) is 5.02 Å². The summed E-state index contributed by atoms with van der Waals surface area (Å²) < 4.78 is 5.54. The Hall–Kier alpha value is -2.04. The van der Waals surface area contributed by atoms with E-state index in [2.05, 4.69) is 36.2 Å². The number of halogens is 1. The summed E-state index contributed by atoms with van der Waals surface area (Å²) in [5, 5.41) is 3.62. The Morgan fingerprint density at radius 3 is 2.46 bits per heavy atom. The maximum atomic E-state index is 12.1. The third-order valence-corrected chi connectivity index (χ3v) is 4.81. The van der Waals surface area contributed by atoms with Crippen LogP contribution in [0.3, 0.4) is 0 Å². The Morgan fingerprint density at radius 1 is 1.12 bits per heavy atom. The zero-order valence-corrected chi connectivity index (χ0v) is 16.5. The van der Waals surface area contributed by atoms with Gasteiger partial charge in [0.05, 0.1) is 0 Å². The fraction of sp³-hybridized carbons (Fsp3) is 0.381. The van der Waals surface area contributed by atoms with Gasteiger partial charge >= 0.3 is 0 Å². The molecule has 0 bridgehead atoms. The lowest BCUT2D eigenvalue weighted by Gasteiger charge is -2.20. The number of aryl methyl sites for hydroxylation is 1. The minimum absolute atomic E-state index is 0.0146. The second-order valence-corrected chi connectivity index (χ2v) is 6.61. The molecule has 0 aliphatic carbocycles. The Balaban J connectivity index is 1.88. The van der Waals surface area contributed by atoms with E-state index in [0.717, 1.165) is 30.8 Å². The third kappa shape index (κ3) is 6.04. The molecule has 0 spiro atoms. The summed E-state index contributed by atoms with van der Waals surface area (Å²) in [4.78, 5) is 14.5. The molecule has 1 N–H and O–H groups in total. The molecule has 0 aliphatic rings. The van der Waals surface area contributed by atoms with Crippen LogP contribution in [-0.4, -0.2) is 30.5 Å². The van der Waals surface area contributed by atoms with E-state index in [9.17, 15) is 4.79 Å². The minimum Gasteiger partial charge on any atom is -0.484 e. The highest BCUT2D eigenvalue weighted by Gasteiger charge is 2.08. The number of ether oxygens (including phenoxy) is 1. The highest BCUT2D eigenvalue weighted by Crippen LogP contribution is 2.20. The fourth-order valence-corrected chi connectivity index (χ4v) is 2.79. The molecular formula is C21H27ClN2O2. The number of benzene rings is 2. The van der Waals surface area contributed by atoms with Gasteiger partial charge in [0, 0.05) is 18.1 Å². The van der Waals surface area contributed by atoms with Crippen molar-refractivity contribution in [3.63, 3.8) is 0 Å². The molecule has 0 saturated carbocycles. The molecule has 1 amide bonds. The standard InChI is InChI=1S/C21H27ClN2O2/c1-4-24(5-2)14-18-9-7-6-8-17(18)13-23-21(25)15-26-19-10-11-20(22)16(3)12-19/h6-12H,4-5,13-15H2,1-3H3,(H,23,25). The van der Waals surface area contributed by atoms with Gasteiger partial charge in [-0.15, -0.1) is 0 Å². The van der Waals surface area contributed by atoms with E-state index in [1.54, 1.807) is 12.1 Å². The molecule has 26 heavy (non-hydrogen) atoms. The second-order valence-electron chi connectivity index (χ2n) is 6.21. The van der Waals surface area contributed by atoms with Gasteiger partial charge in [-0.25, -0.2) is 0 Å². The Bertz CT molecular complexity index is 730. The van der Waals surface area contributed by atoms with Gasteiger partial charge in [0.15, 0.2) is 6.61 Å². The van der Waals surface area contributed by atoms with Crippen LogP contribution in [0.1, 0.15) is 30.5 Å². The van der Waals surface area contributed by atoms with E-state index in [0.29, 0.717) is 17.3 Å². The summed E-state index contributed by atoms with van der Waals surface area (Å²) in [6.07, 6.45) is 0. The lowest BCUT2D eigenvalue weighted by atomic mass is 10.1. The van der Waals surface area contributed by atoms with Crippen LogP contribution in [0.25, 0.3) is 0 Å². The molecule has 0 atom stereocenters. The molecule has 4 nitrogen and oxygen atoms in total.